The monoisotopic (exact) mass is 227 g/mol. The van der Waals surface area contributed by atoms with Crippen molar-refractivity contribution in [3.05, 3.63) is 35.4 Å². The van der Waals surface area contributed by atoms with Crippen LogP contribution in [0.1, 0.15) is 32.3 Å². The van der Waals surface area contributed by atoms with Crippen LogP contribution in [-0.2, 0) is 6.42 Å². The zero-order valence-corrected chi connectivity index (χ0v) is 9.89. The van der Waals surface area contributed by atoms with Gasteiger partial charge >= 0.3 is 0 Å². The van der Waals surface area contributed by atoms with Crippen LogP contribution in [0.15, 0.2) is 18.2 Å². The van der Waals surface area contributed by atoms with E-state index in [0.29, 0.717) is 18.0 Å². The molecule has 1 rings (SSSR count). The highest BCUT2D eigenvalue weighted by atomic mass is 19.1. The van der Waals surface area contributed by atoms with Gasteiger partial charge in [0.1, 0.15) is 11.6 Å². The number of hydrogen-bond donors (Lipinski definition) is 1. The highest BCUT2D eigenvalue weighted by molar-refractivity contribution is 5.18. The Bertz CT molecular complexity index is 305. The standard InChI is InChI=1S/C13H19F2N/c1-3-4-10(2)16-6-5-11-7-12(14)9-13(15)8-11/h7-10,16H,3-6H2,1-2H3. The smallest absolute Gasteiger partial charge is 0.126 e. The Kier molecular flexibility index (Phi) is 5.39. The summed E-state index contributed by atoms with van der Waals surface area (Å²) in [5.74, 6) is -1.01. The highest BCUT2D eigenvalue weighted by Crippen LogP contribution is 2.08. The Balaban J connectivity index is 2.37. The van der Waals surface area contributed by atoms with Gasteiger partial charge in [-0.15, -0.1) is 0 Å². The van der Waals surface area contributed by atoms with E-state index in [-0.39, 0.29) is 0 Å². The van der Waals surface area contributed by atoms with Crippen molar-refractivity contribution in [2.24, 2.45) is 0 Å². The third kappa shape index (κ3) is 4.71. The summed E-state index contributed by atoms with van der Waals surface area (Å²) in [6, 6.07) is 4.13. The fourth-order valence-electron chi connectivity index (χ4n) is 1.75. The lowest BCUT2D eigenvalue weighted by Gasteiger charge is -2.12. The zero-order chi connectivity index (χ0) is 12.0. The van der Waals surface area contributed by atoms with E-state index in [2.05, 4.69) is 19.2 Å². The van der Waals surface area contributed by atoms with E-state index in [0.717, 1.165) is 25.5 Å². The Labute approximate surface area is 95.9 Å². The fraction of sp³-hybridized carbons (Fsp3) is 0.538. The number of benzene rings is 1. The second-order valence-electron chi connectivity index (χ2n) is 4.17. The number of halogens is 2. The minimum atomic E-state index is -0.503. The lowest BCUT2D eigenvalue weighted by atomic mass is 10.1. The molecule has 0 saturated heterocycles. The first-order valence-electron chi connectivity index (χ1n) is 5.80. The van der Waals surface area contributed by atoms with Crippen molar-refractivity contribution in [2.45, 2.75) is 39.2 Å². The van der Waals surface area contributed by atoms with Crippen molar-refractivity contribution in [2.75, 3.05) is 6.54 Å². The number of rotatable bonds is 6. The maximum Gasteiger partial charge on any atom is 0.126 e. The van der Waals surface area contributed by atoms with E-state index in [1.54, 1.807) is 0 Å². The Morgan fingerprint density at radius 2 is 1.81 bits per heavy atom. The van der Waals surface area contributed by atoms with E-state index in [9.17, 15) is 8.78 Å². The highest BCUT2D eigenvalue weighted by Gasteiger charge is 2.02. The van der Waals surface area contributed by atoms with Gasteiger partial charge in [-0.05, 0) is 44.0 Å². The summed E-state index contributed by atoms with van der Waals surface area (Å²) < 4.78 is 25.7. The van der Waals surface area contributed by atoms with E-state index >= 15 is 0 Å². The molecule has 3 heteroatoms. The van der Waals surface area contributed by atoms with E-state index in [1.165, 1.54) is 12.1 Å². The molecule has 0 aliphatic carbocycles. The van der Waals surface area contributed by atoms with E-state index in [4.69, 9.17) is 0 Å². The molecule has 0 heterocycles. The summed E-state index contributed by atoms with van der Waals surface area (Å²) >= 11 is 0. The summed E-state index contributed by atoms with van der Waals surface area (Å²) in [4.78, 5) is 0. The first-order chi connectivity index (χ1) is 7.61. The summed E-state index contributed by atoms with van der Waals surface area (Å²) in [5, 5.41) is 3.33. The predicted octanol–water partition coefficient (Wildman–Crippen LogP) is 3.29. The minimum Gasteiger partial charge on any atom is -0.314 e. The van der Waals surface area contributed by atoms with E-state index in [1.807, 2.05) is 0 Å². The average Bonchev–Trinajstić information content (AvgIpc) is 2.16. The maximum atomic E-state index is 12.9. The molecule has 0 saturated carbocycles. The molecule has 90 valence electrons. The molecule has 0 aromatic heterocycles. The van der Waals surface area contributed by atoms with Gasteiger partial charge in [0, 0.05) is 12.1 Å². The molecule has 1 aromatic rings. The van der Waals surface area contributed by atoms with Crippen molar-refractivity contribution in [1.29, 1.82) is 0 Å². The second-order valence-corrected chi connectivity index (χ2v) is 4.17. The first-order valence-corrected chi connectivity index (χ1v) is 5.80. The first kappa shape index (κ1) is 13.1. The molecule has 0 amide bonds. The van der Waals surface area contributed by atoms with Gasteiger partial charge in [-0.2, -0.15) is 0 Å². The fourth-order valence-corrected chi connectivity index (χ4v) is 1.75. The second kappa shape index (κ2) is 6.59. The van der Waals surface area contributed by atoms with Crippen molar-refractivity contribution in [3.63, 3.8) is 0 Å². The Morgan fingerprint density at radius 3 is 2.38 bits per heavy atom. The average molecular weight is 227 g/mol. The van der Waals surface area contributed by atoms with Crippen LogP contribution in [0.4, 0.5) is 8.78 Å². The van der Waals surface area contributed by atoms with Crippen molar-refractivity contribution in [3.8, 4) is 0 Å². The van der Waals surface area contributed by atoms with Crippen LogP contribution in [0.25, 0.3) is 0 Å². The molecular weight excluding hydrogens is 208 g/mol. The van der Waals surface area contributed by atoms with Crippen LogP contribution in [0.2, 0.25) is 0 Å². The number of nitrogens with one attached hydrogen (secondary N) is 1. The van der Waals surface area contributed by atoms with Gasteiger partial charge in [-0.3, -0.25) is 0 Å². The van der Waals surface area contributed by atoms with Crippen molar-refractivity contribution >= 4 is 0 Å². The summed E-state index contributed by atoms with van der Waals surface area (Å²) in [6.45, 7) is 5.01. The van der Waals surface area contributed by atoms with Gasteiger partial charge in [0.05, 0.1) is 0 Å². The molecule has 0 aliphatic rings. The zero-order valence-electron chi connectivity index (χ0n) is 9.89. The molecule has 1 aromatic carbocycles. The van der Waals surface area contributed by atoms with E-state index < -0.39 is 11.6 Å². The number of hydrogen-bond acceptors (Lipinski definition) is 1. The molecule has 1 unspecified atom stereocenters. The maximum absolute atomic E-state index is 12.9. The van der Waals surface area contributed by atoms with Crippen molar-refractivity contribution in [1.82, 2.24) is 5.32 Å². The SMILES string of the molecule is CCCC(C)NCCc1cc(F)cc(F)c1. The summed E-state index contributed by atoms with van der Waals surface area (Å²) in [7, 11) is 0. The van der Waals surface area contributed by atoms with Crippen molar-refractivity contribution < 1.29 is 8.78 Å². The summed E-state index contributed by atoms with van der Waals surface area (Å²) in [6.07, 6.45) is 2.92. The molecule has 1 atom stereocenters. The largest absolute Gasteiger partial charge is 0.314 e. The molecular formula is C13H19F2N. The Hall–Kier alpha value is -0.960. The normalized spacial score (nSPS) is 12.8. The van der Waals surface area contributed by atoms with Crippen LogP contribution in [-0.4, -0.2) is 12.6 Å². The Morgan fingerprint density at radius 1 is 1.19 bits per heavy atom. The van der Waals surface area contributed by atoms with Crippen LogP contribution in [0.3, 0.4) is 0 Å². The van der Waals surface area contributed by atoms with Crippen LogP contribution >= 0.6 is 0 Å². The minimum absolute atomic E-state index is 0.461. The third-order valence-corrected chi connectivity index (χ3v) is 2.55. The quantitative estimate of drug-likeness (QED) is 0.786. The molecule has 0 fully saturated rings. The molecule has 0 radical (unpaired) electrons. The molecule has 16 heavy (non-hydrogen) atoms. The van der Waals surface area contributed by atoms with Gasteiger partial charge < -0.3 is 5.32 Å². The summed E-state index contributed by atoms with van der Waals surface area (Å²) in [5.41, 5.74) is 0.702. The molecule has 0 spiro atoms. The van der Waals surface area contributed by atoms with Gasteiger partial charge in [-0.25, -0.2) is 8.78 Å². The lowest BCUT2D eigenvalue weighted by molar-refractivity contribution is 0.510. The van der Waals surface area contributed by atoms with Crippen LogP contribution in [0.5, 0.6) is 0 Å². The molecule has 0 bridgehead atoms. The van der Waals surface area contributed by atoms with Gasteiger partial charge in [-0.1, -0.05) is 13.3 Å². The topological polar surface area (TPSA) is 12.0 Å². The van der Waals surface area contributed by atoms with Gasteiger partial charge in [0.15, 0.2) is 0 Å². The molecule has 0 aliphatic heterocycles. The predicted molar refractivity (Wildman–Crippen MR) is 62.4 cm³/mol. The third-order valence-electron chi connectivity index (χ3n) is 2.55. The van der Waals surface area contributed by atoms with Gasteiger partial charge in [0.25, 0.3) is 0 Å². The molecule has 1 nitrogen and oxygen atoms in total. The van der Waals surface area contributed by atoms with Crippen LogP contribution < -0.4 is 5.32 Å². The van der Waals surface area contributed by atoms with Crippen LogP contribution in [0, 0.1) is 11.6 Å². The lowest BCUT2D eigenvalue weighted by Crippen LogP contribution is -2.27. The molecule has 1 N–H and O–H groups in total. The van der Waals surface area contributed by atoms with Gasteiger partial charge in [0.2, 0.25) is 0 Å².